The van der Waals surface area contributed by atoms with Gasteiger partial charge in [-0.1, -0.05) is 43.0 Å². The molecule has 1 atom stereocenters. The molecule has 0 spiro atoms. The SMILES string of the molecule is CC(=O)NC(CC(=O)Nc1ccnn1C1CCCCC1)c1ccc(Cl)cc1. The highest BCUT2D eigenvalue weighted by molar-refractivity contribution is 6.30. The molecule has 3 rings (SSSR count). The summed E-state index contributed by atoms with van der Waals surface area (Å²) in [6, 6.07) is 8.90. The van der Waals surface area contributed by atoms with Crippen molar-refractivity contribution < 1.29 is 9.59 Å². The van der Waals surface area contributed by atoms with Crippen LogP contribution in [0.1, 0.15) is 63.1 Å². The fourth-order valence-corrected chi connectivity index (χ4v) is 3.73. The molecule has 0 saturated heterocycles. The van der Waals surface area contributed by atoms with Gasteiger partial charge in [0, 0.05) is 18.0 Å². The number of halogens is 1. The summed E-state index contributed by atoms with van der Waals surface area (Å²) in [7, 11) is 0. The van der Waals surface area contributed by atoms with Crippen LogP contribution in [0, 0.1) is 0 Å². The molecule has 1 aromatic carbocycles. The van der Waals surface area contributed by atoms with Crippen molar-refractivity contribution in [3.63, 3.8) is 0 Å². The monoisotopic (exact) mass is 388 g/mol. The molecule has 1 aromatic heterocycles. The molecule has 6 nitrogen and oxygen atoms in total. The third kappa shape index (κ3) is 5.32. The van der Waals surface area contributed by atoms with E-state index in [-0.39, 0.29) is 18.2 Å². The van der Waals surface area contributed by atoms with E-state index in [1.165, 1.54) is 26.2 Å². The van der Waals surface area contributed by atoms with Crippen LogP contribution >= 0.6 is 11.6 Å². The molecule has 0 radical (unpaired) electrons. The highest BCUT2D eigenvalue weighted by Gasteiger charge is 2.21. The summed E-state index contributed by atoms with van der Waals surface area (Å²) in [5.74, 6) is 0.362. The Hall–Kier alpha value is -2.34. The fraction of sp³-hybridized carbons (Fsp3) is 0.450. The Kier molecular flexibility index (Phi) is 6.50. The zero-order valence-electron chi connectivity index (χ0n) is 15.5. The van der Waals surface area contributed by atoms with Crippen LogP contribution in [-0.2, 0) is 9.59 Å². The summed E-state index contributed by atoms with van der Waals surface area (Å²) in [6.45, 7) is 1.44. The predicted molar refractivity (Wildman–Crippen MR) is 106 cm³/mol. The highest BCUT2D eigenvalue weighted by Crippen LogP contribution is 2.30. The van der Waals surface area contributed by atoms with E-state index in [0.29, 0.717) is 16.9 Å². The first kappa shape index (κ1) is 19.4. The average molecular weight is 389 g/mol. The van der Waals surface area contributed by atoms with Gasteiger partial charge in [0.05, 0.1) is 24.7 Å². The van der Waals surface area contributed by atoms with Crippen molar-refractivity contribution in [3.05, 3.63) is 47.1 Å². The van der Waals surface area contributed by atoms with Crippen LogP contribution in [-0.4, -0.2) is 21.6 Å². The van der Waals surface area contributed by atoms with Gasteiger partial charge in [0.15, 0.2) is 0 Å². The molecule has 1 fully saturated rings. The molecule has 2 amide bonds. The van der Waals surface area contributed by atoms with Crippen LogP contribution in [0.25, 0.3) is 0 Å². The Morgan fingerprint density at radius 2 is 1.89 bits per heavy atom. The van der Waals surface area contributed by atoms with Gasteiger partial charge < -0.3 is 10.6 Å². The van der Waals surface area contributed by atoms with Crippen LogP contribution in [0.5, 0.6) is 0 Å². The lowest BCUT2D eigenvalue weighted by Crippen LogP contribution is -2.30. The third-order valence-electron chi connectivity index (χ3n) is 4.90. The minimum atomic E-state index is -0.411. The fourth-order valence-electron chi connectivity index (χ4n) is 3.60. The van der Waals surface area contributed by atoms with E-state index in [1.807, 2.05) is 22.9 Å². The van der Waals surface area contributed by atoms with Crippen molar-refractivity contribution in [1.82, 2.24) is 15.1 Å². The smallest absolute Gasteiger partial charge is 0.227 e. The van der Waals surface area contributed by atoms with Crippen molar-refractivity contribution in [1.29, 1.82) is 0 Å². The molecule has 7 heteroatoms. The molecule has 27 heavy (non-hydrogen) atoms. The molecule has 144 valence electrons. The molecule has 2 aromatic rings. The zero-order valence-corrected chi connectivity index (χ0v) is 16.2. The first-order chi connectivity index (χ1) is 13.0. The molecular formula is C20H25ClN4O2. The second kappa shape index (κ2) is 9.04. The van der Waals surface area contributed by atoms with Crippen molar-refractivity contribution in [2.45, 2.75) is 57.5 Å². The summed E-state index contributed by atoms with van der Waals surface area (Å²) >= 11 is 5.94. The first-order valence-electron chi connectivity index (χ1n) is 9.39. The van der Waals surface area contributed by atoms with Gasteiger partial charge in [-0.25, -0.2) is 4.68 Å². The number of benzene rings is 1. The number of aromatic nitrogens is 2. The number of carbonyl (C=O) groups excluding carboxylic acids is 2. The standard InChI is InChI=1S/C20H25ClN4O2/c1-14(26)23-18(15-7-9-16(21)10-8-15)13-20(27)24-19-11-12-22-25(19)17-5-3-2-4-6-17/h7-12,17-18H,2-6,13H2,1H3,(H,23,26)(H,24,27). The minimum absolute atomic E-state index is 0.136. The maximum atomic E-state index is 12.6. The van der Waals surface area contributed by atoms with E-state index in [4.69, 9.17) is 11.6 Å². The Morgan fingerprint density at radius 1 is 1.19 bits per heavy atom. The third-order valence-corrected chi connectivity index (χ3v) is 5.15. The van der Waals surface area contributed by atoms with E-state index in [9.17, 15) is 9.59 Å². The summed E-state index contributed by atoms with van der Waals surface area (Å²) < 4.78 is 1.92. The van der Waals surface area contributed by atoms with Crippen LogP contribution in [0.15, 0.2) is 36.5 Å². The number of hydrogen-bond acceptors (Lipinski definition) is 3. The minimum Gasteiger partial charge on any atom is -0.349 e. The van der Waals surface area contributed by atoms with Gasteiger partial charge in [-0.2, -0.15) is 5.10 Å². The van der Waals surface area contributed by atoms with E-state index in [1.54, 1.807) is 18.3 Å². The molecule has 1 aliphatic rings. The summed E-state index contributed by atoms with van der Waals surface area (Å²) in [5, 5.41) is 10.8. The lowest BCUT2D eigenvalue weighted by atomic mass is 9.96. The van der Waals surface area contributed by atoms with Gasteiger partial charge in [-0.05, 0) is 30.5 Å². The summed E-state index contributed by atoms with van der Waals surface area (Å²) in [6.07, 6.45) is 7.68. The Labute approximate surface area is 164 Å². The molecule has 0 aliphatic heterocycles. The van der Waals surface area contributed by atoms with Crippen LogP contribution in [0.2, 0.25) is 5.02 Å². The van der Waals surface area contributed by atoms with E-state index in [2.05, 4.69) is 15.7 Å². The van der Waals surface area contributed by atoms with Gasteiger partial charge in [-0.15, -0.1) is 0 Å². The molecular weight excluding hydrogens is 364 g/mol. The van der Waals surface area contributed by atoms with Crippen molar-refractivity contribution >= 4 is 29.2 Å². The maximum Gasteiger partial charge on any atom is 0.227 e. The number of hydrogen-bond donors (Lipinski definition) is 2. The number of rotatable bonds is 6. The number of nitrogens with zero attached hydrogens (tertiary/aromatic N) is 2. The zero-order chi connectivity index (χ0) is 19.2. The maximum absolute atomic E-state index is 12.6. The van der Waals surface area contributed by atoms with Gasteiger partial charge in [0.2, 0.25) is 11.8 Å². The summed E-state index contributed by atoms with van der Waals surface area (Å²) in [4.78, 5) is 24.2. The Bertz CT molecular complexity index is 782. The van der Waals surface area contributed by atoms with Gasteiger partial charge in [0.25, 0.3) is 0 Å². The van der Waals surface area contributed by atoms with Crippen LogP contribution in [0.3, 0.4) is 0 Å². The largest absolute Gasteiger partial charge is 0.349 e. The van der Waals surface area contributed by atoms with Crippen molar-refractivity contribution in [2.75, 3.05) is 5.32 Å². The topological polar surface area (TPSA) is 76.0 Å². The van der Waals surface area contributed by atoms with Gasteiger partial charge in [0.1, 0.15) is 5.82 Å². The van der Waals surface area contributed by atoms with Gasteiger partial charge in [-0.3, -0.25) is 9.59 Å². The van der Waals surface area contributed by atoms with E-state index >= 15 is 0 Å². The lowest BCUT2D eigenvalue weighted by Gasteiger charge is -2.24. The number of nitrogens with one attached hydrogen (secondary N) is 2. The number of anilines is 1. The molecule has 1 heterocycles. The Balaban J connectivity index is 1.68. The molecule has 0 bridgehead atoms. The van der Waals surface area contributed by atoms with Crippen molar-refractivity contribution in [3.8, 4) is 0 Å². The number of carbonyl (C=O) groups is 2. The van der Waals surface area contributed by atoms with Gasteiger partial charge >= 0.3 is 0 Å². The quantitative estimate of drug-likeness (QED) is 0.776. The van der Waals surface area contributed by atoms with E-state index in [0.717, 1.165) is 18.4 Å². The van der Waals surface area contributed by atoms with Crippen LogP contribution < -0.4 is 10.6 Å². The highest BCUT2D eigenvalue weighted by atomic mass is 35.5. The predicted octanol–water partition coefficient (Wildman–Crippen LogP) is 4.25. The lowest BCUT2D eigenvalue weighted by molar-refractivity contribution is -0.120. The second-order valence-corrected chi connectivity index (χ2v) is 7.45. The van der Waals surface area contributed by atoms with Crippen molar-refractivity contribution in [2.24, 2.45) is 0 Å². The van der Waals surface area contributed by atoms with E-state index < -0.39 is 6.04 Å². The molecule has 2 N–H and O–H groups in total. The first-order valence-corrected chi connectivity index (χ1v) is 9.76. The number of amides is 2. The average Bonchev–Trinajstić information content (AvgIpc) is 3.10. The normalized spacial score (nSPS) is 15.9. The Morgan fingerprint density at radius 3 is 2.56 bits per heavy atom. The summed E-state index contributed by atoms with van der Waals surface area (Å²) in [5.41, 5.74) is 0.838. The molecule has 1 aliphatic carbocycles. The molecule has 1 unspecified atom stereocenters. The molecule has 1 saturated carbocycles. The van der Waals surface area contributed by atoms with Crippen LogP contribution in [0.4, 0.5) is 5.82 Å². The second-order valence-electron chi connectivity index (χ2n) is 7.01.